The van der Waals surface area contributed by atoms with E-state index in [9.17, 15) is 19.2 Å². The van der Waals surface area contributed by atoms with Gasteiger partial charge in [-0.2, -0.15) is 0 Å². The summed E-state index contributed by atoms with van der Waals surface area (Å²) < 4.78 is 23.6. The first-order chi connectivity index (χ1) is 44.9. The van der Waals surface area contributed by atoms with Gasteiger partial charge in [-0.25, -0.2) is 0 Å². The van der Waals surface area contributed by atoms with E-state index in [1.54, 1.807) is 0 Å². The molecule has 2 aliphatic carbocycles. The maximum absolute atomic E-state index is 12.8. The molecular formula is C80H70N4O8. The molecule has 12 rings (SSSR count). The van der Waals surface area contributed by atoms with Crippen molar-refractivity contribution in [3.05, 3.63) is 290 Å². The smallest absolute Gasteiger partial charge is 0.303 e. The van der Waals surface area contributed by atoms with Crippen LogP contribution in [-0.2, 0) is 38.1 Å². The molecule has 0 aromatic heterocycles. The van der Waals surface area contributed by atoms with Crippen molar-refractivity contribution in [2.24, 2.45) is 0 Å². The van der Waals surface area contributed by atoms with Crippen LogP contribution in [0.25, 0.3) is 33.4 Å². The van der Waals surface area contributed by atoms with Crippen LogP contribution in [0.4, 0.5) is 56.9 Å². The van der Waals surface area contributed by atoms with Crippen molar-refractivity contribution >= 4 is 80.8 Å². The highest BCUT2D eigenvalue weighted by molar-refractivity contribution is 5.83. The third-order valence-electron chi connectivity index (χ3n) is 16.4. The maximum Gasteiger partial charge on any atom is 0.303 e. The summed E-state index contributed by atoms with van der Waals surface area (Å²) in [4.78, 5) is 58.9. The number of hydrogen-bond donors (Lipinski definition) is 0. The van der Waals surface area contributed by atoms with Gasteiger partial charge >= 0.3 is 23.9 Å². The topological polar surface area (TPSA) is 118 Å². The van der Waals surface area contributed by atoms with Gasteiger partial charge in [-0.3, -0.25) is 19.2 Å². The van der Waals surface area contributed by atoms with Crippen LogP contribution in [0.15, 0.2) is 290 Å². The van der Waals surface area contributed by atoms with Gasteiger partial charge in [0.2, 0.25) is 0 Å². The van der Waals surface area contributed by atoms with Crippen LogP contribution in [0.1, 0.15) is 53.4 Å². The molecule has 0 N–H and O–H groups in total. The van der Waals surface area contributed by atoms with E-state index in [1.165, 1.54) is 27.7 Å². The fourth-order valence-corrected chi connectivity index (χ4v) is 12.3. The van der Waals surface area contributed by atoms with Gasteiger partial charge in [-0.15, -0.1) is 0 Å². The van der Waals surface area contributed by atoms with Crippen molar-refractivity contribution in [2.45, 2.75) is 77.8 Å². The minimum atomic E-state index is -0.623. The molecule has 0 heterocycles. The fraction of sp³-hybridized carbons (Fsp3) is 0.150. The highest BCUT2D eigenvalue weighted by Crippen LogP contribution is 2.43. The number of rotatable bonds is 19. The van der Waals surface area contributed by atoms with E-state index >= 15 is 0 Å². The van der Waals surface area contributed by atoms with Gasteiger partial charge < -0.3 is 38.5 Å². The summed E-state index contributed by atoms with van der Waals surface area (Å²) in [6.07, 6.45) is 3.34. The van der Waals surface area contributed by atoms with Gasteiger partial charge in [0.1, 0.15) is 24.4 Å². The number of esters is 4. The molecule has 0 fully saturated rings. The maximum atomic E-state index is 12.8. The minimum Gasteiger partial charge on any atom is -0.458 e. The zero-order valence-corrected chi connectivity index (χ0v) is 51.8. The number of anilines is 10. The van der Waals surface area contributed by atoms with Crippen LogP contribution in [0, 0.1) is 0 Å². The van der Waals surface area contributed by atoms with Crippen molar-refractivity contribution in [1.82, 2.24) is 0 Å². The second-order valence-corrected chi connectivity index (χ2v) is 22.8. The molecular weight excluding hydrogens is 1140 g/mol. The Labute approximate surface area is 537 Å². The lowest BCUT2D eigenvalue weighted by Crippen LogP contribution is -2.35. The van der Waals surface area contributed by atoms with E-state index in [0.29, 0.717) is 37.1 Å². The number of benzene rings is 10. The van der Waals surface area contributed by atoms with Crippen LogP contribution in [0.5, 0.6) is 0 Å². The minimum absolute atomic E-state index is 0.399. The van der Waals surface area contributed by atoms with Gasteiger partial charge in [-0.05, 0) is 193 Å². The predicted molar refractivity (Wildman–Crippen MR) is 366 cm³/mol. The number of carbonyl (C=O) groups excluding carboxylic acids is 4. The number of nitrogens with zero attached hydrogens (tertiary/aromatic N) is 4. The Morgan fingerprint density at radius 3 is 0.652 bits per heavy atom. The molecule has 4 atom stereocenters. The van der Waals surface area contributed by atoms with Crippen molar-refractivity contribution in [3.63, 3.8) is 0 Å². The molecule has 0 amide bonds. The molecule has 0 aliphatic heterocycles. The molecule has 12 heteroatoms. The van der Waals surface area contributed by atoms with Crippen molar-refractivity contribution in [3.8, 4) is 33.4 Å². The predicted octanol–water partition coefficient (Wildman–Crippen LogP) is 19.0. The van der Waals surface area contributed by atoms with Crippen molar-refractivity contribution in [2.75, 3.05) is 19.6 Å². The molecule has 0 spiro atoms. The Morgan fingerprint density at radius 1 is 0.250 bits per heavy atom. The zero-order chi connectivity index (χ0) is 63.5. The fourth-order valence-electron chi connectivity index (χ4n) is 12.3. The zero-order valence-electron chi connectivity index (χ0n) is 51.8. The molecule has 0 saturated carbocycles. The normalized spacial score (nSPS) is 16.0. The van der Waals surface area contributed by atoms with Gasteiger partial charge in [-0.1, -0.05) is 146 Å². The first kappa shape index (κ1) is 61.0. The quantitative estimate of drug-likeness (QED) is 0.0566. The van der Waals surface area contributed by atoms with E-state index in [4.69, 9.17) is 18.9 Å². The molecule has 2 aliphatic rings. The summed E-state index contributed by atoms with van der Waals surface area (Å²) in [6.45, 7) is 5.62. The average Bonchev–Trinajstić information content (AvgIpc) is 0.845. The Hall–Kier alpha value is -11.2. The van der Waals surface area contributed by atoms with E-state index < -0.39 is 48.3 Å². The van der Waals surface area contributed by atoms with Gasteiger partial charge in [0.25, 0.3) is 0 Å². The lowest BCUT2D eigenvalue weighted by atomic mass is 9.95. The largest absolute Gasteiger partial charge is 0.458 e. The summed E-state index contributed by atoms with van der Waals surface area (Å²) in [5.41, 5.74) is 16.8. The highest BCUT2D eigenvalue weighted by atomic mass is 16.6. The standard InChI is InChI=1S/C80H70N4O8/c1-55(85)89-75-49-51-79(91-57(3)87)77(53-75)83(71-41-29-61(30-42-71)59-25-37-69(38-26-59)81(65-17-9-5-10-18-65)66-19-11-6-12-20-66)73-45-33-63(34-46-73)64-35-47-74(48-36-64)84(78-54-76(90-56(2)86)50-52-80(78)92-58(4)88)72-43-31-62(32-44-72)60-27-39-70(40-28-60)82(67-21-13-7-14-22-67)68-23-15-8-16-24-68/h5-48,53-54,75-76,79-80H,49-52H2,1-4H3. The summed E-state index contributed by atoms with van der Waals surface area (Å²) in [6, 6.07) is 91.3. The average molecular weight is 1220 g/mol. The molecule has 10 aromatic carbocycles. The summed E-state index contributed by atoms with van der Waals surface area (Å²) in [7, 11) is 0. The Balaban J connectivity index is 0.858. The van der Waals surface area contributed by atoms with Crippen molar-refractivity contribution in [1.29, 1.82) is 0 Å². The summed E-state index contributed by atoms with van der Waals surface area (Å²) in [5, 5.41) is 0. The third-order valence-corrected chi connectivity index (χ3v) is 16.4. The number of hydrogen-bond acceptors (Lipinski definition) is 12. The van der Waals surface area contributed by atoms with Gasteiger partial charge in [0.15, 0.2) is 0 Å². The SMILES string of the molecule is CC(=O)OC1C=C(N(c2ccc(-c3ccc(N(C4=CC(OC(C)=O)CCC4OC(C)=O)c4ccc(-c5ccc(N(c6ccccc6)c6ccccc6)cc5)cc4)cc3)cc2)c2ccc(-c3ccc(N(c4ccccc4)c4ccccc4)cc3)cc2)C(OC(C)=O)CC1. The molecule has 458 valence electrons. The van der Waals surface area contributed by atoms with Crippen LogP contribution in [0.2, 0.25) is 0 Å². The summed E-state index contributed by atoms with van der Waals surface area (Å²) >= 11 is 0. The number of para-hydroxylation sites is 4. The second kappa shape index (κ2) is 28.1. The third kappa shape index (κ3) is 14.3. The lowest BCUT2D eigenvalue weighted by Gasteiger charge is -2.36. The van der Waals surface area contributed by atoms with Crippen LogP contribution < -0.4 is 19.6 Å². The van der Waals surface area contributed by atoms with Crippen molar-refractivity contribution < 1.29 is 38.1 Å². The highest BCUT2D eigenvalue weighted by Gasteiger charge is 2.34. The first-order valence-corrected chi connectivity index (χ1v) is 31.0. The monoisotopic (exact) mass is 1210 g/mol. The number of carbonyl (C=O) groups is 4. The Kier molecular flexibility index (Phi) is 18.6. The second-order valence-electron chi connectivity index (χ2n) is 22.8. The molecule has 0 saturated heterocycles. The molecule has 92 heavy (non-hydrogen) atoms. The lowest BCUT2D eigenvalue weighted by molar-refractivity contribution is -0.149. The van der Waals surface area contributed by atoms with Crippen LogP contribution in [0.3, 0.4) is 0 Å². The first-order valence-electron chi connectivity index (χ1n) is 31.0. The molecule has 0 radical (unpaired) electrons. The van der Waals surface area contributed by atoms with Crippen LogP contribution in [-0.4, -0.2) is 48.3 Å². The van der Waals surface area contributed by atoms with Crippen LogP contribution >= 0.6 is 0 Å². The molecule has 0 bridgehead atoms. The summed E-state index contributed by atoms with van der Waals surface area (Å²) in [5.74, 6) is -1.63. The van der Waals surface area contributed by atoms with E-state index in [-0.39, 0.29) is 0 Å². The molecule has 4 unspecified atom stereocenters. The van der Waals surface area contributed by atoms with Gasteiger partial charge in [0, 0.05) is 84.6 Å². The molecule has 10 aromatic rings. The van der Waals surface area contributed by atoms with E-state index in [1.807, 2.05) is 109 Å². The Bertz CT molecular complexity index is 3870. The number of ether oxygens (including phenoxy) is 4. The van der Waals surface area contributed by atoms with E-state index in [0.717, 1.165) is 90.3 Å². The molecule has 12 nitrogen and oxygen atoms in total. The van der Waals surface area contributed by atoms with E-state index in [2.05, 4.69) is 189 Å². The van der Waals surface area contributed by atoms with Gasteiger partial charge in [0.05, 0.1) is 11.4 Å². The Morgan fingerprint density at radius 2 is 0.446 bits per heavy atom.